The Morgan fingerprint density at radius 3 is 2.74 bits per heavy atom. The van der Waals surface area contributed by atoms with Crippen molar-refractivity contribution in [2.75, 3.05) is 0 Å². The van der Waals surface area contributed by atoms with E-state index in [4.69, 9.17) is 0 Å². The summed E-state index contributed by atoms with van der Waals surface area (Å²) in [7, 11) is 0. The SMILES string of the molecule is O=C(CC1CCCCC1)NCc1ccc(Br)cc1F. The van der Waals surface area contributed by atoms with Gasteiger partial charge in [-0.3, -0.25) is 4.79 Å². The summed E-state index contributed by atoms with van der Waals surface area (Å²) >= 11 is 3.21. The minimum Gasteiger partial charge on any atom is -0.352 e. The quantitative estimate of drug-likeness (QED) is 0.883. The first kappa shape index (κ1) is 14.5. The topological polar surface area (TPSA) is 29.1 Å². The largest absolute Gasteiger partial charge is 0.352 e. The standard InChI is InChI=1S/C15H19BrFNO/c16-13-7-6-12(14(17)9-13)10-18-15(19)8-11-4-2-1-3-5-11/h6-7,9,11H,1-5,8,10H2,(H,18,19). The Labute approximate surface area is 121 Å². The number of hydrogen-bond acceptors (Lipinski definition) is 1. The molecule has 1 N–H and O–H groups in total. The molecule has 4 heteroatoms. The van der Waals surface area contributed by atoms with Crippen molar-refractivity contribution in [2.24, 2.45) is 5.92 Å². The third-order valence-electron chi connectivity index (χ3n) is 3.69. The minimum atomic E-state index is -0.285. The van der Waals surface area contributed by atoms with Crippen LogP contribution in [0.3, 0.4) is 0 Å². The van der Waals surface area contributed by atoms with Crippen LogP contribution in [0.1, 0.15) is 44.1 Å². The van der Waals surface area contributed by atoms with Gasteiger partial charge in [-0.15, -0.1) is 0 Å². The van der Waals surface area contributed by atoms with Gasteiger partial charge in [-0.2, -0.15) is 0 Å². The van der Waals surface area contributed by atoms with Crippen LogP contribution in [0.15, 0.2) is 22.7 Å². The first-order valence-corrected chi connectivity index (χ1v) is 7.65. The van der Waals surface area contributed by atoms with Gasteiger partial charge >= 0.3 is 0 Å². The lowest BCUT2D eigenvalue weighted by molar-refractivity contribution is -0.122. The van der Waals surface area contributed by atoms with E-state index < -0.39 is 0 Å². The summed E-state index contributed by atoms with van der Waals surface area (Å²) in [6.45, 7) is 0.269. The third kappa shape index (κ3) is 4.60. The molecule has 0 saturated heterocycles. The molecule has 0 heterocycles. The lowest BCUT2D eigenvalue weighted by Crippen LogP contribution is -2.26. The van der Waals surface area contributed by atoms with Crippen LogP contribution in [0.4, 0.5) is 4.39 Å². The fourth-order valence-corrected chi connectivity index (χ4v) is 2.92. The van der Waals surface area contributed by atoms with E-state index in [9.17, 15) is 9.18 Å². The van der Waals surface area contributed by atoms with E-state index in [2.05, 4.69) is 21.2 Å². The van der Waals surface area contributed by atoms with Crippen LogP contribution in [0.5, 0.6) is 0 Å². The second kappa shape index (κ2) is 7.04. The summed E-state index contributed by atoms with van der Waals surface area (Å²) in [5, 5.41) is 2.81. The van der Waals surface area contributed by atoms with Crippen molar-refractivity contribution in [3.8, 4) is 0 Å². The fraction of sp³-hybridized carbons (Fsp3) is 0.533. The molecule has 0 atom stereocenters. The average molecular weight is 328 g/mol. The van der Waals surface area contributed by atoms with E-state index in [1.54, 1.807) is 12.1 Å². The Bertz CT molecular complexity index is 444. The maximum atomic E-state index is 13.6. The van der Waals surface area contributed by atoms with Crippen LogP contribution in [0, 0.1) is 11.7 Å². The molecular formula is C15H19BrFNO. The van der Waals surface area contributed by atoms with Gasteiger partial charge in [0.15, 0.2) is 0 Å². The first-order valence-electron chi connectivity index (χ1n) is 6.86. The maximum absolute atomic E-state index is 13.6. The van der Waals surface area contributed by atoms with Crippen molar-refractivity contribution in [3.63, 3.8) is 0 Å². The zero-order chi connectivity index (χ0) is 13.7. The van der Waals surface area contributed by atoms with Crippen molar-refractivity contribution in [1.82, 2.24) is 5.32 Å². The van der Waals surface area contributed by atoms with Gasteiger partial charge < -0.3 is 5.32 Å². The molecule has 0 radical (unpaired) electrons. The van der Waals surface area contributed by atoms with Crippen LogP contribution in [-0.4, -0.2) is 5.91 Å². The average Bonchev–Trinajstić information content (AvgIpc) is 2.39. The number of benzene rings is 1. The summed E-state index contributed by atoms with van der Waals surface area (Å²) in [6.07, 6.45) is 6.65. The third-order valence-corrected chi connectivity index (χ3v) is 4.18. The number of rotatable bonds is 4. The van der Waals surface area contributed by atoms with Gasteiger partial charge in [0.05, 0.1) is 0 Å². The van der Waals surface area contributed by atoms with Crippen molar-refractivity contribution in [1.29, 1.82) is 0 Å². The second-order valence-corrected chi connectivity index (χ2v) is 6.14. The molecule has 2 rings (SSSR count). The van der Waals surface area contributed by atoms with Crippen LogP contribution < -0.4 is 5.32 Å². The van der Waals surface area contributed by atoms with E-state index in [1.165, 1.54) is 25.3 Å². The van der Waals surface area contributed by atoms with Gasteiger partial charge in [-0.25, -0.2) is 4.39 Å². The highest BCUT2D eigenvalue weighted by Crippen LogP contribution is 2.26. The zero-order valence-electron chi connectivity index (χ0n) is 10.9. The van der Waals surface area contributed by atoms with Gasteiger partial charge in [0.1, 0.15) is 5.82 Å². The monoisotopic (exact) mass is 327 g/mol. The predicted molar refractivity (Wildman–Crippen MR) is 77.1 cm³/mol. The fourth-order valence-electron chi connectivity index (χ4n) is 2.58. The Morgan fingerprint density at radius 1 is 1.32 bits per heavy atom. The predicted octanol–water partition coefficient (Wildman–Crippen LogP) is 4.17. The maximum Gasteiger partial charge on any atom is 0.220 e. The van der Waals surface area contributed by atoms with Gasteiger partial charge in [-0.1, -0.05) is 41.3 Å². The number of carbonyl (C=O) groups excluding carboxylic acids is 1. The molecule has 1 aromatic carbocycles. The Balaban J connectivity index is 1.79. The number of amides is 1. The van der Waals surface area contributed by atoms with E-state index in [-0.39, 0.29) is 18.3 Å². The highest BCUT2D eigenvalue weighted by molar-refractivity contribution is 9.10. The molecule has 1 aromatic rings. The van der Waals surface area contributed by atoms with Gasteiger partial charge in [0, 0.05) is 23.0 Å². The minimum absolute atomic E-state index is 0.0363. The van der Waals surface area contributed by atoms with Gasteiger partial charge in [0.25, 0.3) is 0 Å². The number of nitrogens with one attached hydrogen (secondary N) is 1. The van der Waals surface area contributed by atoms with Crippen LogP contribution >= 0.6 is 15.9 Å². The Hall–Kier alpha value is -0.900. The van der Waals surface area contributed by atoms with Gasteiger partial charge in [0.2, 0.25) is 5.91 Å². The number of halogens is 2. The second-order valence-electron chi connectivity index (χ2n) is 5.22. The highest BCUT2D eigenvalue weighted by Gasteiger charge is 2.17. The zero-order valence-corrected chi connectivity index (χ0v) is 12.5. The van der Waals surface area contributed by atoms with Crippen LogP contribution in [-0.2, 0) is 11.3 Å². The summed E-state index contributed by atoms with van der Waals surface area (Å²) in [6, 6.07) is 4.90. The van der Waals surface area contributed by atoms with Crippen molar-refractivity contribution in [2.45, 2.75) is 45.1 Å². The van der Waals surface area contributed by atoms with Gasteiger partial charge in [-0.05, 0) is 30.9 Å². The summed E-state index contributed by atoms with van der Waals surface area (Å²) in [5.41, 5.74) is 0.528. The van der Waals surface area contributed by atoms with Crippen LogP contribution in [0.2, 0.25) is 0 Å². The molecule has 0 bridgehead atoms. The van der Waals surface area contributed by atoms with Crippen molar-refractivity contribution >= 4 is 21.8 Å². The van der Waals surface area contributed by atoms with Crippen molar-refractivity contribution < 1.29 is 9.18 Å². The molecule has 0 spiro atoms. The number of hydrogen-bond donors (Lipinski definition) is 1. The molecule has 0 aliphatic heterocycles. The van der Waals surface area contributed by atoms with Crippen molar-refractivity contribution in [3.05, 3.63) is 34.1 Å². The molecule has 19 heavy (non-hydrogen) atoms. The Kier molecular flexibility index (Phi) is 5.37. The summed E-state index contributed by atoms with van der Waals surface area (Å²) < 4.78 is 14.3. The lowest BCUT2D eigenvalue weighted by atomic mass is 9.87. The molecule has 104 valence electrons. The molecule has 1 amide bonds. The highest BCUT2D eigenvalue weighted by atomic mass is 79.9. The molecule has 2 nitrogen and oxygen atoms in total. The summed E-state index contributed by atoms with van der Waals surface area (Å²) in [5.74, 6) is 0.269. The molecule has 0 unspecified atom stereocenters. The van der Waals surface area contributed by atoms with E-state index >= 15 is 0 Å². The molecule has 1 aliphatic carbocycles. The van der Waals surface area contributed by atoms with E-state index in [1.807, 2.05) is 0 Å². The van der Waals surface area contributed by atoms with E-state index in [0.717, 1.165) is 12.8 Å². The number of carbonyl (C=O) groups is 1. The smallest absolute Gasteiger partial charge is 0.220 e. The lowest BCUT2D eigenvalue weighted by Gasteiger charge is -2.20. The first-order chi connectivity index (χ1) is 9.15. The van der Waals surface area contributed by atoms with Crippen LogP contribution in [0.25, 0.3) is 0 Å². The molecule has 0 aromatic heterocycles. The molecule has 1 saturated carbocycles. The molecule has 1 aliphatic rings. The van der Waals surface area contributed by atoms with E-state index in [0.29, 0.717) is 22.4 Å². The molecule has 1 fully saturated rings. The molecular weight excluding hydrogens is 309 g/mol. The normalized spacial score (nSPS) is 16.3. The Morgan fingerprint density at radius 2 is 2.05 bits per heavy atom. The summed E-state index contributed by atoms with van der Waals surface area (Å²) in [4.78, 5) is 11.8.